The summed E-state index contributed by atoms with van der Waals surface area (Å²) in [6.45, 7) is 6.84. The predicted molar refractivity (Wildman–Crippen MR) is 190 cm³/mol. The van der Waals surface area contributed by atoms with Crippen molar-refractivity contribution in [3.8, 4) is 0 Å². The minimum atomic E-state index is -5.71. The molecule has 1 aliphatic rings. The van der Waals surface area contributed by atoms with Gasteiger partial charge >= 0.3 is 17.8 Å². The third kappa shape index (κ3) is 6.76. The molecule has 0 saturated heterocycles. The molecule has 0 atom stereocenters. The Hall–Kier alpha value is -2.98. The van der Waals surface area contributed by atoms with Crippen molar-refractivity contribution in [1.29, 1.82) is 0 Å². The molecule has 49 heavy (non-hydrogen) atoms. The molecule has 2 nitrogen and oxygen atoms in total. The molecule has 2 aromatic heterocycles. The summed E-state index contributed by atoms with van der Waals surface area (Å²) >= 11 is 2.19. The molecular formula is C39H42F6O2S2. The Morgan fingerprint density at radius 3 is 1.29 bits per heavy atom. The van der Waals surface area contributed by atoms with Gasteiger partial charge in [-0.25, -0.2) is 0 Å². The second kappa shape index (κ2) is 14.7. The molecular weight excluding hydrogens is 679 g/mol. The molecule has 0 bridgehead atoms. The van der Waals surface area contributed by atoms with Gasteiger partial charge in [-0.3, -0.25) is 9.59 Å². The maximum atomic E-state index is 16.4. The van der Waals surface area contributed by atoms with E-state index in [0.29, 0.717) is 43.1 Å². The average molecular weight is 721 g/mol. The van der Waals surface area contributed by atoms with Crippen LogP contribution in [0.15, 0.2) is 36.4 Å². The fourth-order valence-electron chi connectivity index (χ4n) is 6.80. The Morgan fingerprint density at radius 2 is 0.939 bits per heavy atom. The van der Waals surface area contributed by atoms with E-state index in [4.69, 9.17) is 0 Å². The van der Waals surface area contributed by atoms with Gasteiger partial charge < -0.3 is 0 Å². The summed E-state index contributed by atoms with van der Waals surface area (Å²) in [4.78, 5) is 25.1. The van der Waals surface area contributed by atoms with Crippen LogP contribution in [0.2, 0.25) is 0 Å². The fraction of sp³-hybridized carbons (Fsp3) is 0.487. The van der Waals surface area contributed by atoms with Gasteiger partial charge in [-0.05, 0) is 51.7 Å². The van der Waals surface area contributed by atoms with Gasteiger partial charge in [-0.1, -0.05) is 89.5 Å². The second-order valence-corrected chi connectivity index (χ2v) is 15.4. The van der Waals surface area contributed by atoms with Crippen LogP contribution in [-0.4, -0.2) is 29.3 Å². The highest BCUT2D eigenvalue weighted by Crippen LogP contribution is 2.67. The zero-order valence-corrected chi connectivity index (χ0v) is 30.0. The SMILES string of the molecule is CCCCCCCc1sc2cc(C(C)=O)ccc2c1C1=C(c2c(CCCCCCC)sc3cc(C(C)=O)ccc23)C(F)(F)C(F)(F)C1(F)F. The number of ketones is 2. The Labute approximate surface area is 291 Å². The van der Waals surface area contributed by atoms with E-state index in [9.17, 15) is 9.59 Å². The van der Waals surface area contributed by atoms with Crippen LogP contribution >= 0.6 is 22.7 Å². The third-order valence-corrected chi connectivity index (χ3v) is 11.9. The number of carbonyl (C=O) groups excluding carboxylic acids is 2. The van der Waals surface area contributed by atoms with Gasteiger partial charge in [0.15, 0.2) is 11.6 Å². The van der Waals surface area contributed by atoms with E-state index >= 15 is 26.3 Å². The highest BCUT2D eigenvalue weighted by molar-refractivity contribution is 7.20. The summed E-state index contributed by atoms with van der Waals surface area (Å²) in [6, 6.07) is 8.77. The van der Waals surface area contributed by atoms with E-state index in [1.165, 1.54) is 50.2 Å². The molecule has 0 N–H and O–H groups in total. The predicted octanol–water partition coefficient (Wildman–Crippen LogP) is 13.4. The van der Waals surface area contributed by atoms with Gasteiger partial charge in [-0.15, -0.1) is 22.7 Å². The Balaban J connectivity index is 1.83. The smallest absolute Gasteiger partial charge is 0.295 e. The van der Waals surface area contributed by atoms with Crippen molar-refractivity contribution in [2.24, 2.45) is 0 Å². The van der Waals surface area contributed by atoms with E-state index < -0.39 is 28.9 Å². The first-order valence-corrected chi connectivity index (χ1v) is 18.8. The summed E-state index contributed by atoms with van der Waals surface area (Å²) in [6.07, 6.45) is 8.88. The first-order valence-electron chi connectivity index (χ1n) is 17.2. The van der Waals surface area contributed by atoms with Crippen molar-refractivity contribution >= 4 is 65.6 Å². The number of alkyl halides is 6. The van der Waals surface area contributed by atoms with Crippen molar-refractivity contribution in [2.75, 3.05) is 0 Å². The molecule has 4 aromatic rings. The third-order valence-electron chi connectivity index (χ3n) is 9.52. The molecule has 264 valence electrons. The zero-order valence-electron chi connectivity index (χ0n) is 28.4. The summed E-state index contributed by atoms with van der Waals surface area (Å²) in [5.74, 6) is -16.6. The largest absolute Gasteiger partial charge is 0.380 e. The van der Waals surface area contributed by atoms with E-state index in [2.05, 4.69) is 13.8 Å². The fourth-order valence-corrected chi connectivity index (χ4v) is 9.38. The quantitative estimate of drug-likeness (QED) is 0.0656. The summed E-state index contributed by atoms with van der Waals surface area (Å²) in [5, 5.41) is 0.303. The van der Waals surface area contributed by atoms with E-state index in [0.717, 1.165) is 74.0 Å². The van der Waals surface area contributed by atoms with Crippen LogP contribution in [0, 0.1) is 0 Å². The monoisotopic (exact) mass is 720 g/mol. The van der Waals surface area contributed by atoms with Gasteiger partial charge in [0.05, 0.1) is 0 Å². The number of benzene rings is 2. The van der Waals surface area contributed by atoms with Gasteiger partial charge in [0.2, 0.25) is 0 Å². The lowest BCUT2D eigenvalue weighted by atomic mass is 9.89. The first kappa shape index (κ1) is 37.3. The number of halogens is 6. The Bertz CT molecular complexity index is 1760. The number of thiophene rings is 2. The molecule has 0 radical (unpaired) electrons. The topological polar surface area (TPSA) is 34.1 Å². The number of allylic oxidation sites excluding steroid dienone is 2. The number of rotatable bonds is 16. The zero-order chi connectivity index (χ0) is 35.7. The molecule has 0 spiro atoms. The highest BCUT2D eigenvalue weighted by atomic mass is 32.1. The van der Waals surface area contributed by atoms with Crippen LogP contribution in [0.3, 0.4) is 0 Å². The lowest BCUT2D eigenvalue weighted by Crippen LogP contribution is -2.49. The molecule has 0 aliphatic heterocycles. The van der Waals surface area contributed by atoms with Gasteiger partial charge in [0.1, 0.15) is 0 Å². The molecule has 0 saturated carbocycles. The van der Waals surface area contributed by atoms with Crippen LogP contribution in [-0.2, 0) is 12.8 Å². The lowest BCUT2D eigenvalue weighted by Gasteiger charge is -2.26. The molecule has 0 amide bonds. The lowest BCUT2D eigenvalue weighted by molar-refractivity contribution is -0.254. The number of hydrogen-bond acceptors (Lipinski definition) is 4. The van der Waals surface area contributed by atoms with E-state index in [-0.39, 0.29) is 46.3 Å². The van der Waals surface area contributed by atoms with Crippen LogP contribution < -0.4 is 0 Å². The number of carbonyl (C=O) groups is 2. The normalized spacial score (nSPS) is 16.7. The van der Waals surface area contributed by atoms with Crippen LogP contribution in [0.4, 0.5) is 26.3 Å². The molecule has 1 aliphatic carbocycles. The first-order chi connectivity index (χ1) is 23.2. The highest BCUT2D eigenvalue weighted by Gasteiger charge is 2.80. The summed E-state index contributed by atoms with van der Waals surface area (Å²) in [5.41, 5.74) is -2.61. The molecule has 2 aromatic carbocycles. The number of hydrogen-bond donors (Lipinski definition) is 0. The average Bonchev–Trinajstić information content (AvgIpc) is 3.61. The van der Waals surface area contributed by atoms with Gasteiger partial charge in [0.25, 0.3) is 0 Å². The molecule has 0 fully saturated rings. The van der Waals surface area contributed by atoms with Crippen molar-refractivity contribution in [2.45, 2.75) is 123 Å². The Morgan fingerprint density at radius 1 is 0.571 bits per heavy atom. The Kier molecular flexibility index (Phi) is 11.2. The number of aryl methyl sites for hydroxylation is 2. The maximum Gasteiger partial charge on any atom is 0.380 e. The van der Waals surface area contributed by atoms with Crippen LogP contribution in [0.25, 0.3) is 31.3 Å². The molecule has 0 unspecified atom stereocenters. The molecule has 5 rings (SSSR count). The number of fused-ring (bicyclic) bond motifs is 2. The number of Topliss-reactive ketones (excluding diaryl/α,β-unsaturated/α-hetero) is 2. The minimum Gasteiger partial charge on any atom is -0.295 e. The van der Waals surface area contributed by atoms with Crippen molar-refractivity contribution in [3.63, 3.8) is 0 Å². The standard InChI is InChI=1S/C39H42F6O2S2/c1-5-7-9-11-13-15-29-33(27-19-17-25(23(3)46)21-31(27)48-29)35-36(38(42,43)39(44,45)37(35,40)41)34-28-20-18-26(24(4)47)22-32(28)49-30(34)16-14-12-10-8-6-2/h17-22H,5-16H2,1-4H3. The number of unbranched alkanes of at least 4 members (excludes halogenated alkanes) is 8. The minimum absolute atomic E-state index is 0.152. The maximum absolute atomic E-state index is 16.4. The van der Waals surface area contributed by atoms with Gasteiger partial charge in [-0.2, -0.15) is 26.3 Å². The van der Waals surface area contributed by atoms with E-state index in [1.807, 2.05) is 0 Å². The summed E-state index contributed by atoms with van der Waals surface area (Å²) in [7, 11) is 0. The second-order valence-electron chi connectivity index (χ2n) is 13.1. The van der Waals surface area contributed by atoms with E-state index in [1.54, 1.807) is 0 Å². The molecule has 10 heteroatoms. The van der Waals surface area contributed by atoms with Crippen LogP contribution in [0.1, 0.15) is 134 Å². The molecule has 2 heterocycles. The summed E-state index contributed by atoms with van der Waals surface area (Å²) < 4.78 is 97.9. The van der Waals surface area contributed by atoms with Crippen LogP contribution in [0.5, 0.6) is 0 Å². The van der Waals surface area contributed by atoms with Crippen molar-refractivity contribution < 1.29 is 35.9 Å². The van der Waals surface area contributed by atoms with Gasteiger partial charge in [0, 0.05) is 63.3 Å². The van der Waals surface area contributed by atoms with Crippen molar-refractivity contribution in [1.82, 2.24) is 0 Å². The van der Waals surface area contributed by atoms with Crippen molar-refractivity contribution in [3.05, 3.63) is 68.4 Å².